The van der Waals surface area contributed by atoms with Gasteiger partial charge in [-0.1, -0.05) is 6.92 Å². The first-order valence-corrected chi connectivity index (χ1v) is 6.77. The number of nitrogens with one attached hydrogen (secondary N) is 1. The molecule has 2 aliphatic rings. The maximum Gasteiger partial charge on any atom is 0.00932 e. The molecule has 3 unspecified atom stereocenters. The molecule has 2 heteroatoms. The fourth-order valence-corrected chi connectivity index (χ4v) is 3.33. The average molecular weight is 210 g/mol. The van der Waals surface area contributed by atoms with Crippen LogP contribution >= 0.6 is 0 Å². The lowest BCUT2D eigenvalue weighted by Gasteiger charge is -2.33. The Morgan fingerprint density at radius 2 is 2.20 bits per heavy atom. The first kappa shape index (κ1) is 11.4. The van der Waals surface area contributed by atoms with Crippen molar-refractivity contribution in [1.29, 1.82) is 0 Å². The van der Waals surface area contributed by atoms with E-state index >= 15 is 0 Å². The Labute approximate surface area is 94.4 Å². The Hall–Kier alpha value is -0.0800. The molecule has 2 heterocycles. The van der Waals surface area contributed by atoms with Crippen molar-refractivity contribution in [2.24, 2.45) is 5.92 Å². The molecule has 2 fully saturated rings. The monoisotopic (exact) mass is 210 g/mol. The summed E-state index contributed by atoms with van der Waals surface area (Å²) in [6.07, 6.45) is 6.99. The maximum absolute atomic E-state index is 3.54. The Morgan fingerprint density at radius 3 is 2.93 bits per heavy atom. The zero-order chi connectivity index (χ0) is 10.7. The molecule has 0 aromatic heterocycles. The molecular weight excluding hydrogens is 184 g/mol. The van der Waals surface area contributed by atoms with Gasteiger partial charge in [0, 0.05) is 18.6 Å². The van der Waals surface area contributed by atoms with E-state index in [4.69, 9.17) is 0 Å². The van der Waals surface area contributed by atoms with Crippen LogP contribution in [0.1, 0.15) is 46.0 Å². The minimum absolute atomic E-state index is 0.742. The molecule has 0 spiro atoms. The van der Waals surface area contributed by atoms with E-state index in [1.807, 2.05) is 0 Å². The minimum Gasteiger partial charge on any atom is -0.314 e. The van der Waals surface area contributed by atoms with Crippen LogP contribution in [0.5, 0.6) is 0 Å². The molecule has 0 bridgehead atoms. The molecule has 88 valence electrons. The minimum atomic E-state index is 0.742. The van der Waals surface area contributed by atoms with Gasteiger partial charge in [-0.05, 0) is 58.0 Å². The van der Waals surface area contributed by atoms with Crippen LogP contribution in [0, 0.1) is 5.92 Å². The van der Waals surface area contributed by atoms with Crippen molar-refractivity contribution in [3.8, 4) is 0 Å². The van der Waals surface area contributed by atoms with Gasteiger partial charge in [-0.2, -0.15) is 0 Å². The van der Waals surface area contributed by atoms with E-state index in [0.29, 0.717) is 0 Å². The van der Waals surface area contributed by atoms with Gasteiger partial charge in [0.2, 0.25) is 0 Å². The van der Waals surface area contributed by atoms with Gasteiger partial charge in [0.05, 0.1) is 0 Å². The molecule has 2 rings (SSSR count). The molecule has 0 amide bonds. The van der Waals surface area contributed by atoms with Crippen molar-refractivity contribution in [3.05, 3.63) is 0 Å². The summed E-state index contributed by atoms with van der Waals surface area (Å²) in [7, 11) is 0. The summed E-state index contributed by atoms with van der Waals surface area (Å²) in [6.45, 7) is 8.62. The van der Waals surface area contributed by atoms with E-state index in [9.17, 15) is 0 Å². The Kier molecular flexibility index (Phi) is 4.04. The lowest BCUT2D eigenvalue weighted by molar-refractivity contribution is 0.177. The number of likely N-dealkylation sites (tertiary alicyclic amines) is 1. The molecule has 1 N–H and O–H groups in total. The van der Waals surface area contributed by atoms with E-state index in [1.54, 1.807) is 0 Å². The van der Waals surface area contributed by atoms with Crippen molar-refractivity contribution in [3.63, 3.8) is 0 Å². The van der Waals surface area contributed by atoms with E-state index in [-0.39, 0.29) is 0 Å². The van der Waals surface area contributed by atoms with Crippen LogP contribution in [0.4, 0.5) is 0 Å². The second kappa shape index (κ2) is 5.31. The van der Waals surface area contributed by atoms with Gasteiger partial charge >= 0.3 is 0 Å². The smallest absolute Gasteiger partial charge is 0.00932 e. The van der Waals surface area contributed by atoms with Crippen LogP contribution in [0.15, 0.2) is 0 Å². The fourth-order valence-electron chi connectivity index (χ4n) is 3.33. The number of rotatable bonds is 3. The molecule has 0 saturated carbocycles. The SMILES string of the molecule is CCC1CCCN1CC1CCNC(C)C1. The predicted molar refractivity (Wildman–Crippen MR) is 65.1 cm³/mol. The topological polar surface area (TPSA) is 15.3 Å². The third-order valence-corrected chi connectivity index (χ3v) is 4.20. The zero-order valence-electron chi connectivity index (χ0n) is 10.3. The quantitative estimate of drug-likeness (QED) is 0.768. The van der Waals surface area contributed by atoms with Gasteiger partial charge in [0.25, 0.3) is 0 Å². The molecule has 15 heavy (non-hydrogen) atoms. The molecule has 0 aliphatic carbocycles. The van der Waals surface area contributed by atoms with Crippen LogP contribution in [-0.4, -0.2) is 36.6 Å². The Balaban J connectivity index is 1.80. The maximum atomic E-state index is 3.54. The molecule has 0 aromatic carbocycles. The van der Waals surface area contributed by atoms with Crippen LogP contribution in [0.2, 0.25) is 0 Å². The first-order valence-electron chi connectivity index (χ1n) is 6.77. The molecule has 2 aliphatic heterocycles. The molecule has 2 saturated heterocycles. The highest BCUT2D eigenvalue weighted by Gasteiger charge is 2.27. The molecular formula is C13H26N2. The zero-order valence-corrected chi connectivity index (χ0v) is 10.3. The van der Waals surface area contributed by atoms with Gasteiger partial charge in [-0.25, -0.2) is 0 Å². The summed E-state index contributed by atoms with van der Waals surface area (Å²) < 4.78 is 0. The lowest BCUT2D eigenvalue weighted by atomic mass is 9.92. The van der Waals surface area contributed by atoms with E-state index in [2.05, 4.69) is 24.1 Å². The molecule has 3 atom stereocenters. The number of nitrogens with zero attached hydrogens (tertiary/aromatic N) is 1. The number of piperidine rings is 1. The third kappa shape index (κ3) is 2.94. The van der Waals surface area contributed by atoms with Crippen molar-refractivity contribution in [2.75, 3.05) is 19.6 Å². The second-order valence-electron chi connectivity index (χ2n) is 5.44. The van der Waals surface area contributed by atoms with Gasteiger partial charge in [0.1, 0.15) is 0 Å². The number of hydrogen-bond acceptors (Lipinski definition) is 2. The highest BCUT2D eigenvalue weighted by atomic mass is 15.2. The summed E-state index contributed by atoms with van der Waals surface area (Å²) in [5.41, 5.74) is 0. The van der Waals surface area contributed by atoms with Crippen LogP contribution in [0.3, 0.4) is 0 Å². The second-order valence-corrected chi connectivity index (χ2v) is 5.44. The van der Waals surface area contributed by atoms with Crippen LogP contribution in [0.25, 0.3) is 0 Å². The number of hydrogen-bond donors (Lipinski definition) is 1. The summed E-state index contributed by atoms with van der Waals surface area (Å²) in [5, 5.41) is 3.54. The molecule has 0 radical (unpaired) electrons. The summed E-state index contributed by atoms with van der Waals surface area (Å²) >= 11 is 0. The average Bonchev–Trinajstić information content (AvgIpc) is 2.65. The van der Waals surface area contributed by atoms with E-state index in [1.165, 1.54) is 51.7 Å². The highest BCUT2D eigenvalue weighted by molar-refractivity contribution is 4.83. The molecule has 0 aromatic rings. The van der Waals surface area contributed by atoms with Crippen molar-refractivity contribution < 1.29 is 0 Å². The third-order valence-electron chi connectivity index (χ3n) is 4.20. The Bertz CT molecular complexity index is 193. The van der Waals surface area contributed by atoms with Gasteiger partial charge in [0.15, 0.2) is 0 Å². The summed E-state index contributed by atoms with van der Waals surface area (Å²) in [4.78, 5) is 2.75. The summed E-state index contributed by atoms with van der Waals surface area (Å²) in [6, 6.07) is 1.64. The fraction of sp³-hybridized carbons (Fsp3) is 1.00. The van der Waals surface area contributed by atoms with Crippen LogP contribution in [-0.2, 0) is 0 Å². The van der Waals surface area contributed by atoms with Gasteiger partial charge < -0.3 is 10.2 Å². The predicted octanol–water partition coefficient (Wildman–Crippen LogP) is 2.25. The van der Waals surface area contributed by atoms with Crippen LogP contribution < -0.4 is 5.32 Å². The van der Waals surface area contributed by atoms with Gasteiger partial charge in [-0.15, -0.1) is 0 Å². The van der Waals surface area contributed by atoms with Crippen molar-refractivity contribution in [2.45, 2.75) is 58.0 Å². The molecule has 2 nitrogen and oxygen atoms in total. The van der Waals surface area contributed by atoms with E-state index in [0.717, 1.165) is 18.0 Å². The van der Waals surface area contributed by atoms with Crippen molar-refractivity contribution in [1.82, 2.24) is 10.2 Å². The Morgan fingerprint density at radius 1 is 1.33 bits per heavy atom. The highest BCUT2D eigenvalue weighted by Crippen LogP contribution is 2.24. The standard InChI is InChI=1S/C13H26N2/c1-3-13-5-4-8-15(13)10-12-6-7-14-11(2)9-12/h11-14H,3-10H2,1-2H3. The lowest BCUT2D eigenvalue weighted by Crippen LogP contribution is -2.41. The summed E-state index contributed by atoms with van der Waals surface area (Å²) in [5.74, 6) is 0.952. The van der Waals surface area contributed by atoms with E-state index < -0.39 is 0 Å². The van der Waals surface area contributed by atoms with Crippen molar-refractivity contribution >= 4 is 0 Å². The largest absolute Gasteiger partial charge is 0.314 e. The first-order chi connectivity index (χ1) is 7.29. The normalized spacial score (nSPS) is 38.4. The van der Waals surface area contributed by atoms with Gasteiger partial charge in [-0.3, -0.25) is 0 Å².